The van der Waals surface area contributed by atoms with Crippen LogP contribution in [0.3, 0.4) is 0 Å². The van der Waals surface area contributed by atoms with Gasteiger partial charge in [-0.1, -0.05) is 24.4 Å². The summed E-state index contributed by atoms with van der Waals surface area (Å²) in [6, 6.07) is 10.1. The largest absolute Gasteiger partial charge is 0.468 e. The third-order valence-electron chi connectivity index (χ3n) is 3.82. The van der Waals surface area contributed by atoms with E-state index < -0.39 is 17.6 Å². The third-order valence-corrected chi connectivity index (χ3v) is 4.17. The van der Waals surface area contributed by atoms with Gasteiger partial charge in [-0.25, -0.2) is 8.78 Å². The van der Waals surface area contributed by atoms with Gasteiger partial charge in [-0.15, -0.1) is 0 Å². The normalized spacial score (nSPS) is 13.8. The topological polar surface area (TPSA) is 41.9 Å². The minimum atomic E-state index is -0.494. The first-order valence-electron chi connectivity index (χ1n) is 7.47. The molecule has 0 N–H and O–H groups in total. The lowest BCUT2D eigenvalue weighted by Gasteiger charge is -2.24. The van der Waals surface area contributed by atoms with E-state index in [0.29, 0.717) is 22.0 Å². The van der Waals surface area contributed by atoms with Crippen LogP contribution >= 0.6 is 12.2 Å². The van der Waals surface area contributed by atoms with Gasteiger partial charge in [-0.05, 0) is 30.3 Å². The second kappa shape index (κ2) is 7.06. The van der Waals surface area contributed by atoms with E-state index in [0.717, 1.165) is 0 Å². The number of hydrogen-bond acceptors (Lipinski definition) is 4. The van der Waals surface area contributed by atoms with Gasteiger partial charge in [0, 0.05) is 11.1 Å². The zero-order valence-electron chi connectivity index (χ0n) is 13.3. The van der Waals surface area contributed by atoms with E-state index in [-0.39, 0.29) is 18.7 Å². The molecule has 0 atom stereocenters. The summed E-state index contributed by atoms with van der Waals surface area (Å²) in [7, 11) is 1.27. The Labute approximate surface area is 148 Å². The molecule has 0 radical (unpaired) electrons. The SMILES string of the molecule is COC(=O)CN1C(=S)CN=C(c2ccccc2F)c2cc(F)ccc21. The second-order valence-electron chi connectivity index (χ2n) is 5.36. The fraction of sp³-hybridized carbons (Fsp3) is 0.167. The van der Waals surface area contributed by atoms with Crippen LogP contribution in [0, 0.1) is 11.6 Å². The van der Waals surface area contributed by atoms with Crippen LogP contribution in [0.25, 0.3) is 0 Å². The van der Waals surface area contributed by atoms with Crippen molar-refractivity contribution in [3.05, 3.63) is 65.2 Å². The molecular weight excluding hydrogens is 346 g/mol. The molecule has 1 aliphatic heterocycles. The van der Waals surface area contributed by atoms with E-state index >= 15 is 0 Å². The van der Waals surface area contributed by atoms with Crippen LogP contribution in [0.4, 0.5) is 14.5 Å². The summed E-state index contributed by atoms with van der Waals surface area (Å²) in [5.41, 5.74) is 1.39. The summed E-state index contributed by atoms with van der Waals surface area (Å²) in [6.45, 7) is -0.0552. The molecule has 0 amide bonds. The highest BCUT2D eigenvalue weighted by molar-refractivity contribution is 7.80. The van der Waals surface area contributed by atoms with Crippen LogP contribution in [-0.2, 0) is 9.53 Å². The first kappa shape index (κ1) is 17.2. The molecular formula is C18H14F2N2O2S. The van der Waals surface area contributed by atoms with Crippen molar-refractivity contribution >= 4 is 34.6 Å². The van der Waals surface area contributed by atoms with E-state index in [2.05, 4.69) is 4.99 Å². The van der Waals surface area contributed by atoms with Gasteiger partial charge in [0.25, 0.3) is 0 Å². The molecule has 0 aliphatic carbocycles. The van der Waals surface area contributed by atoms with Crippen molar-refractivity contribution in [3.63, 3.8) is 0 Å². The standard InChI is InChI=1S/C18H14F2N2O2S/c1-24-17(23)10-22-15-7-6-11(19)8-13(15)18(21-9-16(22)25)12-4-2-3-5-14(12)20/h2-8H,9-10H2,1H3. The zero-order valence-corrected chi connectivity index (χ0v) is 14.1. The minimum absolute atomic E-state index is 0.0757. The molecule has 1 heterocycles. The number of fused-ring (bicyclic) bond motifs is 1. The highest BCUT2D eigenvalue weighted by Crippen LogP contribution is 2.29. The summed E-state index contributed by atoms with van der Waals surface area (Å²) in [6.07, 6.45) is 0. The molecule has 128 valence electrons. The van der Waals surface area contributed by atoms with Crippen molar-refractivity contribution in [3.8, 4) is 0 Å². The number of benzodiazepines with no additional fused rings is 1. The number of nitrogens with zero attached hydrogens (tertiary/aromatic N) is 2. The summed E-state index contributed by atoms with van der Waals surface area (Å²) >= 11 is 5.35. The average molecular weight is 360 g/mol. The van der Waals surface area contributed by atoms with Crippen molar-refractivity contribution in [2.45, 2.75) is 0 Å². The van der Waals surface area contributed by atoms with Crippen LogP contribution in [0.1, 0.15) is 11.1 Å². The molecule has 1 aliphatic rings. The smallest absolute Gasteiger partial charge is 0.325 e. The monoisotopic (exact) mass is 360 g/mol. The van der Waals surface area contributed by atoms with Crippen LogP contribution in [0.5, 0.6) is 0 Å². The van der Waals surface area contributed by atoms with Gasteiger partial charge in [0.05, 0.1) is 25.1 Å². The maximum Gasteiger partial charge on any atom is 0.325 e. The van der Waals surface area contributed by atoms with Crippen LogP contribution in [0.2, 0.25) is 0 Å². The van der Waals surface area contributed by atoms with Crippen LogP contribution in [-0.4, -0.2) is 36.9 Å². The number of esters is 1. The maximum atomic E-state index is 14.3. The average Bonchev–Trinajstić information content (AvgIpc) is 2.73. The van der Waals surface area contributed by atoms with Crippen molar-refractivity contribution in [2.24, 2.45) is 4.99 Å². The van der Waals surface area contributed by atoms with Crippen LogP contribution in [0.15, 0.2) is 47.5 Å². The molecule has 0 fully saturated rings. The molecule has 0 bridgehead atoms. The van der Waals surface area contributed by atoms with Gasteiger partial charge in [-0.3, -0.25) is 9.79 Å². The van der Waals surface area contributed by atoms with E-state index in [1.807, 2.05) is 0 Å². The Morgan fingerprint density at radius 2 is 2.00 bits per heavy atom. The van der Waals surface area contributed by atoms with Gasteiger partial charge in [-0.2, -0.15) is 0 Å². The quantitative estimate of drug-likeness (QED) is 0.623. The van der Waals surface area contributed by atoms with E-state index in [1.54, 1.807) is 18.2 Å². The zero-order chi connectivity index (χ0) is 18.0. The number of carbonyl (C=O) groups is 1. The van der Waals surface area contributed by atoms with Crippen molar-refractivity contribution < 1.29 is 18.3 Å². The maximum absolute atomic E-state index is 14.3. The number of halogens is 2. The van der Waals surface area contributed by atoms with Gasteiger partial charge < -0.3 is 9.64 Å². The number of carbonyl (C=O) groups excluding carboxylic acids is 1. The highest BCUT2D eigenvalue weighted by Gasteiger charge is 2.26. The van der Waals surface area contributed by atoms with Crippen molar-refractivity contribution in [2.75, 3.05) is 25.1 Å². The Balaban J connectivity index is 2.17. The number of aliphatic imine (C=N–C) groups is 1. The fourth-order valence-electron chi connectivity index (χ4n) is 2.64. The first-order chi connectivity index (χ1) is 12.0. The molecule has 0 saturated heterocycles. The fourth-order valence-corrected chi connectivity index (χ4v) is 2.86. The lowest BCUT2D eigenvalue weighted by atomic mass is 9.99. The van der Waals surface area contributed by atoms with E-state index in [1.165, 1.54) is 36.3 Å². The lowest BCUT2D eigenvalue weighted by molar-refractivity contribution is -0.138. The predicted molar refractivity (Wildman–Crippen MR) is 95.3 cm³/mol. The van der Waals surface area contributed by atoms with Gasteiger partial charge >= 0.3 is 5.97 Å². The summed E-state index contributed by atoms with van der Waals surface area (Å²) in [5.74, 6) is -1.45. The molecule has 7 heteroatoms. The van der Waals surface area contributed by atoms with Crippen molar-refractivity contribution in [1.29, 1.82) is 0 Å². The molecule has 0 spiro atoms. The van der Waals surface area contributed by atoms with Gasteiger partial charge in [0.15, 0.2) is 0 Å². The number of rotatable bonds is 3. The first-order valence-corrected chi connectivity index (χ1v) is 7.88. The summed E-state index contributed by atoms with van der Waals surface area (Å²) in [5, 5.41) is 0. The number of thiocarbonyl (C=S) groups is 1. The molecule has 2 aromatic rings. The van der Waals surface area contributed by atoms with Gasteiger partial charge in [0.1, 0.15) is 23.2 Å². The molecule has 25 heavy (non-hydrogen) atoms. The summed E-state index contributed by atoms with van der Waals surface area (Å²) in [4.78, 5) is 18.0. The minimum Gasteiger partial charge on any atom is -0.468 e. The number of ether oxygens (including phenoxy) is 1. The number of benzene rings is 2. The Morgan fingerprint density at radius 1 is 1.24 bits per heavy atom. The predicted octanol–water partition coefficient (Wildman–Crippen LogP) is 3.12. The van der Waals surface area contributed by atoms with Crippen molar-refractivity contribution in [1.82, 2.24) is 0 Å². The molecule has 3 rings (SSSR count). The summed E-state index contributed by atoms with van der Waals surface area (Å²) < 4.78 is 32.8. The highest BCUT2D eigenvalue weighted by atomic mass is 32.1. The second-order valence-corrected chi connectivity index (χ2v) is 5.83. The van der Waals surface area contributed by atoms with E-state index in [4.69, 9.17) is 17.0 Å². The Kier molecular flexibility index (Phi) is 4.85. The van der Waals surface area contributed by atoms with Crippen LogP contribution < -0.4 is 4.90 Å². The van der Waals surface area contributed by atoms with Gasteiger partial charge in [0.2, 0.25) is 0 Å². The molecule has 0 aromatic heterocycles. The Morgan fingerprint density at radius 3 is 2.72 bits per heavy atom. The number of methoxy groups -OCH3 is 1. The number of hydrogen-bond donors (Lipinski definition) is 0. The Bertz CT molecular complexity index is 883. The Hall–Kier alpha value is -2.67. The molecule has 2 aromatic carbocycles. The molecule has 4 nitrogen and oxygen atoms in total. The number of anilines is 1. The molecule has 0 saturated carbocycles. The third kappa shape index (κ3) is 3.41. The lowest BCUT2D eigenvalue weighted by Crippen LogP contribution is -2.36. The van der Waals surface area contributed by atoms with E-state index in [9.17, 15) is 13.6 Å². The molecule has 0 unspecified atom stereocenters.